The van der Waals surface area contributed by atoms with Gasteiger partial charge in [-0.1, -0.05) is 98.1 Å². The highest BCUT2D eigenvalue weighted by Crippen LogP contribution is 2.27. The SMILES string of the molecule is COc1ccc(N(CC(=O)N(Cc2ccccc2)[C@@H](Cc2ccccc2)C(=O)NC2CCCCC2)S(=O)(=O)c2ccccc2)cc1. The summed E-state index contributed by atoms with van der Waals surface area (Å²) in [6, 6.07) is 32.9. The first kappa shape index (κ1) is 32.8. The van der Waals surface area contributed by atoms with Crippen molar-refractivity contribution in [3.63, 3.8) is 0 Å². The minimum absolute atomic E-state index is 0.0439. The summed E-state index contributed by atoms with van der Waals surface area (Å²) in [7, 11) is -2.63. The summed E-state index contributed by atoms with van der Waals surface area (Å²) in [6.45, 7) is -0.366. The topological polar surface area (TPSA) is 96.0 Å². The number of benzene rings is 4. The molecule has 0 spiro atoms. The number of hydrogen-bond acceptors (Lipinski definition) is 5. The summed E-state index contributed by atoms with van der Waals surface area (Å²) in [4.78, 5) is 30.3. The number of sulfonamides is 1. The minimum Gasteiger partial charge on any atom is -0.497 e. The Morgan fingerprint density at radius 1 is 0.783 bits per heavy atom. The monoisotopic (exact) mass is 639 g/mol. The Hall–Kier alpha value is -4.63. The van der Waals surface area contributed by atoms with E-state index in [1.165, 1.54) is 24.1 Å². The highest BCUT2D eigenvalue weighted by Gasteiger charge is 2.35. The molecule has 0 unspecified atom stereocenters. The molecule has 4 aromatic rings. The maximum atomic E-state index is 14.6. The second-order valence-corrected chi connectivity index (χ2v) is 13.4. The van der Waals surface area contributed by atoms with Crippen molar-refractivity contribution >= 4 is 27.5 Å². The van der Waals surface area contributed by atoms with E-state index in [-0.39, 0.29) is 29.8 Å². The molecule has 46 heavy (non-hydrogen) atoms. The van der Waals surface area contributed by atoms with Crippen molar-refractivity contribution in [3.8, 4) is 5.75 Å². The summed E-state index contributed by atoms with van der Waals surface area (Å²) in [5.74, 6) is -0.166. The van der Waals surface area contributed by atoms with Gasteiger partial charge in [0.25, 0.3) is 10.0 Å². The fourth-order valence-electron chi connectivity index (χ4n) is 5.88. The first-order chi connectivity index (χ1) is 22.3. The van der Waals surface area contributed by atoms with E-state index in [4.69, 9.17) is 4.74 Å². The zero-order valence-electron chi connectivity index (χ0n) is 26.1. The predicted molar refractivity (Wildman–Crippen MR) is 180 cm³/mol. The molecule has 9 heteroatoms. The lowest BCUT2D eigenvalue weighted by Crippen LogP contribution is -2.55. The van der Waals surface area contributed by atoms with Gasteiger partial charge in [-0.25, -0.2) is 8.42 Å². The molecular formula is C37H41N3O5S. The van der Waals surface area contributed by atoms with Crippen LogP contribution < -0.4 is 14.4 Å². The Morgan fingerprint density at radius 2 is 1.35 bits per heavy atom. The third-order valence-corrected chi connectivity index (χ3v) is 10.2. The van der Waals surface area contributed by atoms with Crippen LogP contribution in [0.4, 0.5) is 5.69 Å². The standard InChI is InChI=1S/C37H41N3O5S/c1-45-33-24-22-32(23-25-33)40(46(43,44)34-20-12-5-13-21-34)28-36(41)39(27-30-16-8-3-9-17-30)35(26-29-14-6-2-7-15-29)37(42)38-31-18-10-4-11-19-31/h2-3,5-9,12-17,20-25,31,35H,4,10-11,18-19,26-28H2,1H3,(H,38,42)/t35-/m0/s1. The number of nitrogens with one attached hydrogen (secondary N) is 1. The zero-order valence-corrected chi connectivity index (χ0v) is 26.9. The van der Waals surface area contributed by atoms with E-state index in [1.54, 1.807) is 42.5 Å². The lowest BCUT2D eigenvalue weighted by molar-refractivity contribution is -0.140. The summed E-state index contributed by atoms with van der Waals surface area (Å²) in [6.07, 6.45) is 5.33. The van der Waals surface area contributed by atoms with Crippen molar-refractivity contribution in [2.45, 2.75) is 62.0 Å². The number of ether oxygens (including phenoxy) is 1. The van der Waals surface area contributed by atoms with Gasteiger partial charge in [-0.05, 0) is 60.4 Å². The van der Waals surface area contributed by atoms with Crippen LogP contribution in [0.5, 0.6) is 5.75 Å². The van der Waals surface area contributed by atoms with Gasteiger partial charge in [-0.15, -0.1) is 0 Å². The van der Waals surface area contributed by atoms with Crippen molar-refractivity contribution in [3.05, 3.63) is 126 Å². The van der Waals surface area contributed by atoms with Gasteiger partial charge < -0.3 is 15.0 Å². The Labute approximate surface area is 272 Å². The van der Waals surface area contributed by atoms with Crippen molar-refractivity contribution in [2.24, 2.45) is 0 Å². The average molecular weight is 640 g/mol. The molecule has 8 nitrogen and oxygen atoms in total. The molecule has 0 heterocycles. The molecule has 1 aliphatic carbocycles. The lowest BCUT2D eigenvalue weighted by Gasteiger charge is -2.35. The molecule has 240 valence electrons. The van der Waals surface area contributed by atoms with E-state index in [1.807, 2.05) is 60.7 Å². The fraction of sp³-hybridized carbons (Fsp3) is 0.297. The van der Waals surface area contributed by atoms with E-state index < -0.39 is 28.5 Å². The first-order valence-electron chi connectivity index (χ1n) is 15.7. The minimum atomic E-state index is -4.16. The van der Waals surface area contributed by atoms with Crippen molar-refractivity contribution in [2.75, 3.05) is 18.0 Å². The van der Waals surface area contributed by atoms with Crippen LogP contribution in [0.3, 0.4) is 0 Å². The fourth-order valence-corrected chi connectivity index (χ4v) is 7.31. The predicted octanol–water partition coefficient (Wildman–Crippen LogP) is 5.98. The van der Waals surface area contributed by atoms with Crippen molar-refractivity contribution in [1.82, 2.24) is 10.2 Å². The number of carbonyl (C=O) groups excluding carboxylic acids is 2. The molecule has 1 N–H and O–H groups in total. The van der Waals surface area contributed by atoms with E-state index in [0.29, 0.717) is 11.4 Å². The molecule has 0 bridgehead atoms. The molecule has 1 aliphatic rings. The van der Waals surface area contributed by atoms with Gasteiger partial charge in [0.05, 0.1) is 17.7 Å². The molecular weight excluding hydrogens is 598 g/mol. The summed E-state index contributed by atoms with van der Waals surface area (Å²) >= 11 is 0. The van der Waals surface area contributed by atoms with E-state index in [2.05, 4.69) is 5.32 Å². The number of rotatable bonds is 13. The number of anilines is 1. The summed E-state index contributed by atoms with van der Waals surface area (Å²) < 4.78 is 34.6. The van der Waals surface area contributed by atoms with Gasteiger partial charge in [0.15, 0.2) is 0 Å². The van der Waals surface area contributed by atoms with E-state index in [0.717, 1.165) is 47.5 Å². The Bertz CT molecular complexity index is 1660. The van der Waals surface area contributed by atoms with E-state index >= 15 is 0 Å². The maximum Gasteiger partial charge on any atom is 0.264 e. The second-order valence-electron chi connectivity index (χ2n) is 11.6. The van der Waals surface area contributed by atoms with Crippen LogP contribution in [0, 0.1) is 0 Å². The first-order valence-corrected chi connectivity index (χ1v) is 17.2. The van der Waals surface area contributed by atoms with Gasteiger partial charge in [0.2, 0.25) is 11.8 Å². The smallest absolute Gasteiger partial charge is 0.264 e. The molecule has 4 aromatic carbocycles. The molecule has 1 saturated carbocycles. The summed E-state index contributed by atoms with van der Waals surface area (Å²) in [5, 5.41) is 3.24. The number of hydrogen-bond donors (Lipinski definition) is 1. The lowest BCUT2D eigenvalue weighted by atomic mass is 9.94. The highest BCUT2D eigenvalue weighted by molar-refractivity contribution is 7.92. The number of amides is 2. The molecule has 0 aliphatic heterocycles. The molecule has 1 atom stereocenters. The zero-order chi connectivity index (χ0) is 32.4. The van der Waals surface area contributed by atoms with Crippen LogP contribution in [-0.2, 0) is 32.6 Å². The Kier molecular flexibility index (Phi) is 11.1. The summed E-state index contributed by atoms with van der Waals surface area (Å²) in [5.41, 5.74) is 2.05. The number of methoxy groups -OCH3 is 1. The van der Waals surface area contributed by atoms with Crippen LogP contribution in [0.25, 0.3) is 0 Å². The van der Waals surface area contributed by atoms with Crippen molar-refractivity contribution < 1.29 is 22.7 Å². The van der Waals surface area contributed by atoms with Crippen molar-refractivity contribution in [1.29, 1.82) is 0 Å². The molecule has 1 fully saturated rings. The van der Waals surface area contributed by atoms with Crippen LogP contribution >= 0.6 is 0 Å². The Balaban J connectivity index is 1.54. The number of nitrogens with zero attached hydrogens (tertiary/aromatic N) is 2. The third-order valence-electron chi connectivity index (χ3n) is 8.39. The Morgan fingerprint density at radius 3 is 1.93 bits per heavy atom. The normalized spacial score (nSPS) is 14.2. The van der Waals surface area contributed by atoms with Gasteiger partial charge >= 0.3 is 0 Å². The van der Waals surface area contributed by atoms with E-state index in [9.17, 15) is 18.0 Å². The van der Waals surface area contributed by atoms with Crippen LogP contribution in [0.2, 0.25) is 0 Å². The second kappa shape index (κ2) is 15.6. The van der Waals surface area contributed by atoms with Gasteiger partial charge in [0.1, 0.15) is 18.3 Å². The third kappa shape index (κ3) is 8.34. The van der Waals surface area contributed by atoms with Crippen LogP contribution in [0.1, 0.15) is 43.2 Å². The van der Waals surface area contributed by atoms with Gasteiger partial charge in [-0.3, -0.25) is 13.9 Å². The maximum absolute atomic E-state index is 14.6. The number of carbonyl (C=O) groups is 2. The molecule has 0 aromatic heterocycles. The average Bonchev–Trinajstić information content (AvgIpc) is 3.10. The van der Waals surface area contributed by atoms with Gasteiger partial charge in [0, 0.05) is 19.0 Å². The largest absolute Gasteiger partial charge is 0.497 e. The molecule has 2 amide bonds. The molecule has 5 rings (SSSR count). The molecule has 0 radical (unpaired) electrons. The van der Waals surface area contributed by atoms with Crippen LogP contribution in [-0.4, -0.2) is 50.9 Å². The quantitative estimate of drug-likeness (QED) is 0.194. The van der Waals surface area contributed by atoms with Gasteiger partial charge in [-0.2, -0.15) is 0 Å². The molecule has 0 saturated heterocycles. The highest BCUT2D eigenvalue weighted by atomic mass is 32.2. The van der Waals surface area contributed by atoms with Crippen LogP contribution in [0.15, 0.2) is 120 Å².